The number of rotatable bonds is 6. The number of carbonyl (C=O) groups is 1. The van der Waals surface area contributed by atoms with Crippen LogP contribution in [0.5, 0.6) is 0 Å². The number of hydrogen-bond acceptors (Lipinski definition) is 3. The minimum atomic E-state index is -0.187. The zero-order valence-corrected chi connectivity index (χ0v) is 18.1. The number of amides is 1. The van der Waals surface area contributed by atoms with Gasteiger partial charge in [0.25, 0.3) is 5.91 Å². The zero-order valence-electron chi connectivity index (χ0n) is 17.3. The van der Waals surface area contributed by atoms with Crippen LogP contribution in [-0.4, -0.2) is 5.91 Å². The van der Waals surface area contributed by atoms with Gasteiger partial charge in [-0.3, -0.25) is 9.59 Å². The molecule has 0 aliphatic heterocycles. The van der Waals surface area contributed by atoms with Gasteiger partial charge in [0.2, 0.25) is 0 Å². The van der Waals surface area contributed by atoms with Crippen molar-refractivity contribution in [1.29, 1.82) is 0 Å². The molecule has 154 valence electrons. The lowest BCUT2D eigenvalue weighted by atomic mass is 10.1. The fraction of sp³-hybridized carbons (Fsp3) is 0.111. The first-order chi connectivity index (χ1) is 15.2. The summed E-state index contributed by atoms with van der Waals surface area (Å²) in [5, 5.41) is 4.23. The summed E-state index contributed by atoms with van der Waals surface area (Å²) in [5.41, 5.74) is 2.60. The molecule has 4 heteroatoms. The number of allylic oxidation sites excluding steroid dienone is 3. The van der Waals surface area contributed by atoms with E-state index >= 15 is 0 Å². The van der Waals surface area contributed by atoms with E-state index in [2.05, 4.69) is 24.4 Å². The van der Waals surface area contributed by atoms with E-state index in [9.17, 15) is 9.59 Å². The molecule has 0 aliphatic rings. The summed E-state index contributed by atoms with van der Waals surface area (Å²) in [6.45, 7) is 2.54. The fourth-order valence-corrected chi connectivity index (χ4v) is 4.41. The summed E-state index contributed by atoms with van der Waals surface area (Å²) in [6, 6.07) is 21.0. The summed E-state index contributed by atoms with van der Waals surface area (Å²) in [4.78, 5) is 25.5. The molecular formula is C27H23NO2S. The average Bonchev–Trinajstić information content (AvgIpc) is 2.81. The average molecular weight is 426 g/mol. The smallest absolute Gasteiger partial charge is 0.251 e. The lowest BCUT2D eigenvalue weighted by Crippen LogP contribution is -2.22. The van der Waals surface area contributed by atoms with Crippen LogP contribution in [0.3, 0.4) is 0 Å². The van der Waals surface area contributed by atoms with Crippen LogP contribution in [0.1, 0.15) is 34.8 Å². The molecule has 0 atom stereocenters. The van der Waals surface area contributed by atoms with Gasteiger partial charge in [0.1, 0.15) is 0 Å². The van der Waals surface area contributed by atoms with E-state index in [1.807, 2.05) is 66.7 Å². The first-order valence-electron chi connectivity index (χ1n) is 10.3. The molecule has 1 amide bonds. The molecule has 0 spiro atoms. The lowest BCUT2D eigenvalue weighted by molar-refractivity contribution is 0.0951. The third-order valence-corrected chi connectivity index (χ3v) is 6.19. The number of carbonyl (C=O) groups excluding carboxylic acids is 1. The van der Waals surface area contributed by atoms with Crippen LogP contribution in [0.4, 0.5) is 0 Å². The summed E-state index contributed by atoms with van der Waals surface area (Å²) in [6.07, 6.45) is 9.23. The molecule has 1 aromatic heterocycles. The van der Waals surface area contributed by atoms with E-state index in [1.165, 1.54) is 0 Å². The molecule has 3 nitrogen and oxygen atoms in total. The first kappa shape index (κ1) is 20.8. The number of benzene rings is 3. The molecule has 4 aromatic rings. The topological polar surface area (TPSA) is 46.2 Å². The van der Waals surface area contributed by atoms with Gasteiger partial charge in [0.15, 0.2) is 5.43 Å². The summed E-state index contributed by atoms with van der Waals surface area (Å²) in [5.74, 6) is -0.187. The van der Waals surface area contributed by atoms with Gasteiger partial charge in [-0.15, -0.1) is 11.3 Å². The molecule has 0 radical (unpaired) electrons. The van der Waals surface area contributed by atoms with Gasteiger partial charge in [-0.2, -0.15) is 0 Å². The number of hydrogen-bond donors (Lipinski definition) is 1. The predicted molar refractivity (Wildman–Crippen MR) is 132 cm³/mol. The van der Waals surface area contributed by atoms with Crippen LogP contribution in [0.25, 0.3) is 26.2 Å². The minimum absolute atomic E-state index is 0.0311. The van der Waals surface area contributed by atoms with Crippen LogP contribution in [0.15, 0.2) is 89.8 Å². The Balaban J connectivity index is 1.48. The summed E-state index contributed by atoms with van der Waals surface area (Å²) < 4.78 is 1.84. The second-order valence-electron chi connectivity index (χ2n) is 7.26. The molecular weight excluding hydrogens is 402 g/mol. The zero-order chi connectivity index (χ0) is 21.6. The molecule has 1 heterocycles. The molecule has 0 aliphatic carbocycles. The second-order valence-corrected chi connectivity index (χ2v) is 8.34. The highest BCUT2D eigenvalue weighted by atomic mass is 32.1. The normalized spacial score (nSPS) is 11.6. The monoisotopic (exact) mass is 425 g/mol. The van der Waals surface area contributed by atoms with E-state index in [0.717, 1.165) is 26.9 Å². The van der Waals surface area contributed by atoms with Crippen LogP contribution in [0.2, 0.25) is 0 Å². The molecule has 0 fully saturated rings. The third kappa shape index (κ3) is 4.81. The number of fused-ring (bicyclic) bond motifs is 2. The Labute approximate surface area is 185 Å². The van der Waals surface area contributed by atoms with Gasteiger partial charge in [-0.1, -0.05) is 67.6 Å². The van der Waals surface area contributed by atoms with Crippen LogP contribution < -0.4 is 10.7 Å². The molecule has 0 saturated carbocycles. The van der Waals surface area contributed by atoms with Crippen molar-refractivity contribution >= 4 is 43.5 Å². The van der Waals surface area contributed by atoms with Crippen molar-refractivity contribution in [2.45, 2.75) is 19.9 Å². The van der Waals surface area contributed by atoms with Crippen molar-refractivity contribution in [2.75, 3.05) is 0 Å². The van der Waals surface area contributed by atoms with Crippen LogP contribution >= 0.6 is 11.3 Å². The molecule has 3 aromatic carbocycles. The highest BCUT2D eigenvalue weighted by Gasteiger charge is 2.10. The maximum atomic E-state index is 12.9. The van der Waals surface area contributed by atoms with Crippen LogP contribution in [0, 0.1) is 0 Å². The number of nitrogens with one attached hydrogen (secondary N) is 1. The molecule has 0 saturated heterocycles. The Morgan fingerprint density at radius 2 is 1.71 bits per heavy atom. The van der Waals surface area contributed by atoms with E-state index in [0.29, 0.717) is 22.9 Å². The maximum absolute atomic E-state index is 12.9. The highest BCUT2D eigenvalue weighted by Crippen LogP contribution is 2.25. The van der Waals surface area contributed by atoms with E-state index < -0.39 is 0 Å². The van der Waals surface area contributed by atoms with Crippen molar-refractivity contribution < 1.29 is 4.79 Å². The van der Waals surface area contributed by atoms with Gasteiger partial charge < -0.3 is 5.32 Å². The van der Waals surface area contributed by atoms with Gasteiger partial charge in [-0.25, -0.2) is 0 Å². The fourth-order valence-electron chi connectivity index (χ4n) is 3.36. The van der Waals surface area contributed by atoms with Gasteiger partial charge >= 0.3 is 0 Å². The van der Waals surface area contributed by atoms with E-state index in [-0.39, 0.29) is 11.3 Å². The first-order valence-corrected chi connectivity index (χ1v) is 11.1. The predicted octanol–water partition coefficient (Wildman–Crippen LogP) is 6.32. The Morgan fingerprint density at radius 1 is 0.935 bits per heavy atom. The van der Waals surface area contributed by atoms with Gasteiger partial charge in [-0.05, 0) is 47.9 Å². The Hall–Kier alpha value is -3.50. The van der Waals surface area contributed by atoms with Crippen LogP contribution in [-0.2, 0) is 6.54 Å². The van der Waals surface area contributed by atoms with Gasteiger partial charge in [0.05, 0.1) is 0 Å². The molecule has 0 bridgehead atoms. The molecule has 4 rings (SSSR count). The molecule has 31 heavy (non-hydrogen) atoms. The van der Waals surface area contributed by atoms with Crippen molar-refractivity contribution in [2.24, 2.45) is 0 Å². The Morgan fingerprint density at radius 3 is 2.52 bits per heavy atom. The molecule has 0 unspecified atom stereocenters. The van der Waals surface area contributed by atoms with E-state index in [4.69, 9.17) is 0 Å². The van der Waals surface area contributed by atoms with Crippen molar-refractivity contribution in [1.82, 2.24) is 5.32 Å². The molecule has 1 N–H and O–H groups in total. The van der Waals surface area contributed by atoms with E-state index in [1.54, 1.807) is 23.5 Å². The second kappa shape index (κ2) is 9.54. The standard InChI is InChI=1S/C27H23NO2S/c1-2-3-4-5-8-19-11-13-20(14-12-19)18-28-27(30)21-15-16-25-23(17-21)26(29)22-9-6-7-10-24(22)31-25/h3-17H,2,18H2,1H3,(H,28,30)/b4-3+,8-5+. The summed E-state index contributed by atoms with van der Waals surface area (Å²) >= 11 is 1.56. The third-order valence-electron chi connectivity index (χ3n) is 5.04. The maximum Gasteiger partial charge on any atom is 0.251 e. The minimum Gasteiger partial charge on any atom is -0.348 e. The van der Waals surface area contributed by atoms with Crippen molar-refractivity contribution in [3.05, 3.63) is 112 Å². The highest BCUT2D eigenvalue weighted by molar-refractivity contribution is 7.24. The summed E-state index contributed by atoms with van der Waals surface area (Å²) in [7, 11) is 0. The SMILES string of the molecule is CC/C=C/C=C/c1ccc(CNC(=O)c2ccc3sc4ccccc4c(=O)c3c2)cc1. The lowest BCUT2D eigenvalue weighted by Gasteiger charge is -2.07. The largest absolute Gasteiger partial charge is 0.348 e. The Kier molecular flexibility index (Phi) is 6.39. The van der Waals surface area contributed by atoms with Gasteiger partial charge in [0, 0.05) is 32.3 Å². The Bertz CT molecular complexity index is 1350. The van der Waals surface area contributed by atoms with Crippen molar-refractivity contribution in [3.8, 4) is 0 Å². The quantitative estimate of drug-likeness (QED) is 0.290. The van der Waals surface area contributed by atoms with Crippen molar-refractivity contribution in [3.63, 3.8) is 0 Å².